The van der Waals surface area contributed by atoms with Crippen LogP contribution in [0, 0.1) is 0 Å². The molecule has 2 N–H and O–H groups in total. The number of nitrogens with one attached hydrogen (secondary N) is 2. The summed E-state index contributed by atoms with van der Waals surface area (Å²) in [5, 5.41) is 5.96. The van der Waals surface area contributed by atoms with Gasteiger partial charge in [-0.3, -0.25) is 9.59 Å². The summed E-state index contributed by atoms with van der Waals surface area (Å²) in [6.45, 7) is 2.06. The van der Waals surface area contributed by atoms with E-state index in [2.05, 4.69) is 10.6 Å². The van der Waals surface area contributed by atoms with Crippen LogP contribution in [0.15, 0.2) is 30.3 Å². The van der Waals surface area contributed by atoms with Crippen LogP contribution in [0.5, 0.6) is 0 Å². The van der Waals surface area contributed by atoms with E-state index >= 15 is 0 Å². The zero-order valence-electron chi connectivity index (χ0n) is 13.2. The van der Waals surface area contributed by atoms with E-state index in [1.807, 2.05) is 42.3 Å². The van der Waals surface area contributed by atoms with Crippen LogP contribution in [-0.4, -0.2) is 49.4 Å². The number of carbonyl (C=O) groups excluding carboxylic acids is 2. The molecule has 0 aliphatic carbocycles. The third kappa shape index (κ3) is 5.15. The van der Waals surface area contributed by atoms with E-state index in [4.69, 9.17) is 0 Å². The van der Waals surface area contributed by atoms with Crippen molar-refractivity contribution in [1.82, 2.24) is 15.5 Å². The number of nitrogens with zero attached hydrogens (tertiary/aromatic N) is 1. The third-order valence-electron chi connectivity index (χ3n) is 3.98. The second kappa shape index (κ2) is 8.54. The van der Waals surface area contributed by atoms with E-state index in [1.54, 1.807) is 0 Å². The smallest absolute Gasteiger partial charge is 0.222 e. The van der Waals surface area contributed by atoms with Crippen LogP contribution in [0.25, 0.3) is 0 Å². The molecule has 0 spiro atoms. The van der Waals surface area contributed by atoms with Crippen LogP contribution in [-0.2, 0) is 16.0 Å². The molecule has 22 heavy (non-hydrogen) atoms. The molecule has 1 aromatic carbocycles. The number of hydrogen-bond donors (Lipinski definition) is 2. The number of benzene rings is 1. The third-order valence-corrected chi connectivity index (χ3v) is 3.98. The summed E-state index contributed by atoms with van der Waals surface area (Å²) < 4.78 is 0. The lowest BCUT2D eigenvalue weighted by molar-refractivity contribution is -0.130. The van der Waals surface area contributed by atoms with Gasteiger partial charge in [0, 0.05) is 38.5 Å². The highest BCUT2D eigenvalue weighted by molar-refractivity contribution is 5.78. The second-order valence-corrected chi connectivity index (χ2v) is 5.73. The Kier molecular flexibility index (Phi) is 6.40. The van der Waals surface area contributed by atoms with Gasteiger partial charge >= 0.3 is 0 Å². The Morgan fingerprint density at radius 2 is 2.00 bits per heavy atom. The highest BCUT2D eigenvalue weighted by atomic mass is 16.2. The zero-order chi connectivity index (χ0) is 15.8. The van der Waals surface area contributed by atoms with Crippen LogP contribution in [0.4, 0.5) is 0 Å². The first kappa shape index (κ1) is 16.5. The minimum Gasteiger partial charge on any atom is -0.351 e. The van der Waals surface area contributed by atoms with Crippen molar-refractivity contribution in [2.45, 2.75) is 31.7 Å². The van der Waals surface area contributed by atoms with Crippen molar-refractivity contribution in [2.75, 3.05) is 26.7 Å². The predicted octanol–water partition coefficient (Wildman–Crippen LogP) is 0.946. The van der Waals surface area contributed by atoms with Gasteiger partial charge in [0.25, 0.3) is 0 Å². The lowest BCUT2D eigenvalue weighted by atomic mass is 10.1. The Bertz CT molecular complexity index is 490. The summed E-state index contributed by atoms with van der Waals surface area (Å²) in [7, 11) is 1.83. The molecule has 5 heteroatoms. The first-order chi connectivity index (χ1) is 10.7. The van der Waals surface area contributed by atoms with Crippen molar-refractivity contribution in [3.05, 3.63) is 35.9 Å². The normalized spacial score (nSPS) is 17.5. The number of amides is 2. The molecule has 1 aliphatic rings. The molecule has 1 fully saturated rings. The van der Waals surface area contributed by atoms with E-state index in [9.17, 15) is 9.59 Å². The maximum absolute atomic E-state index is 12.2. The second-order valence-electron chi connectivity index (χ2n) is 5.73. The Morgan fingerprint density at radius 1 is 1.23 bits per heavy atom. The molecule has 2 rings (SSSR count). The first-order valence-corrected chi connectivity index (χ1v) is 7.94. The van der Waals surface area contributed by atoms with Gasteiger partial charge in [-0.25, -0.2) is 0 Å². The fourth-order valence-electron chi connectivity index (χ4n) is 2.70. The van der Waals surface area contributed by atoms with Gasteiger partial charge in [-0.1, -0.05) is 30.3 Å². The van der Waals surface area contributed by atoms with Crippen LogP contribution >= 0.6 is 0 Å². The van der Waals surface area contributed by atoms with Gasteiger partial charge in [0.2, 0.25) is 11.8 Å². The molecule has 1 aromatic rings. The molecule has 1 aliphatic heterocycles. The van der Waals surface area contributed by atoms with Crippen molar-refractivity contribution in [2.24, 2.45) is 0 Å². The number of aryl methyl sites for hydroxylation is 1. The maximum Gasteiger partial charge on any atom is 0.222 e. The Labute approximate surface area is 132 Å². The molecule has 5 nitrogen and oxygen atoms in total. The molecule has 0 radical (unpaired) electrons. The number of rotatable bonds is 7. The summed E-state index contributed by atoms with van der Waals surface area (Å²) >= 11 is 0. The van der Waals surface area contributed by atoms with E-state index < -0.39 is 0 Å². The molecule has 1 saturated heterocycles. The van der Waals surface area contributed by atoms with Gasteiger partial charge in [-0.15, -0.1) is 0 Å². The average Bonchev–Trinajstić information content (AvgIpc) is 3.00. The van der Waals surface area contributed by atoms with Gasteiger partial charge in [0.1, 0.15) is 0 Å². The van der Waals surface area contributed by atoms with Crippen LogP contribution in [0.2, 0.25) is 0 Å². The molecule has 1 heterocycles. The number of likely N-dealkylation sites (tertiary alicyclic amines) is 1. The fraction of sp³-hybridized carbons (Fsp3) is 0.529. The lowest BCUT2D eigenvalue weighted by Crippen LogP contribution is -2.39. The number of carbonyl (C=O) groups is 2. The van der Waals surface area contributed by atoms with Gasteiger partial charge in [-0.2, -0.15) is 0 Å². The van der Waals surface area contributed by atoms with E-state index in [0.29, 0.717) is 25.9 Å². The quantitative estimate of drug-likeness (QED) is 0.788. The lowest BCUT2D eigenvalue weighted by Gasteiger charge is -2.17. The highest BCUT2D eigenvalue weighted by Gasteiger charge is 2.26. The molecule has 0 saturated carbocycles. The Hall–Kier alpha value is -1.88. The van der Waals surface area contributed by atoms with Crippen molar-refractivity contribution >= 4 is 11.8 Å². The highest BCUT2D eigenvalue weighted by Crippen LogP contribution is 2.12. The molecular weight excluding hydrogens is 278 g/mol. The standard InChI is InChI=1S/C17H25N3O2/c1-18-11-9-16(21)19-15-10-12-20(13-15)17(22)8-7-14-5-3-2-4-6-14/h2-6,15,18H,7-13H2,1H3,(H,19,21). The SMILES string of the molecule is CNCCC(=O)NC1CCN(C(=O)CCc2ccccc2)C1. The van der Waals surface area contributed by atoms with Gasteiger partial charge in [0.05, 0.1) is 0 Å². The summed E-state index contributed by atoms with van der Waals surface area (Å²) in [5.74, 6) is 0.230. The zero-order valence-corrected chi connectivity index (χ0v) is 13.2. The van der Waals surface area contributed by atoms with Crippen LogP contribution < -0.4 is 10.6 Å². The Balaban J connectivity index is 1.70. The fourth-order valence-corrected chi connectivity index (χ4v) is 2.70. The molecule has 0 bridgehead atoms. The largest absolute Gasteiger partial charge is 0.351 e. The Morgan fingerprint density at radius 3 is 2.73 bits per heavy atom. The van der Waals surface area contributed by atoms with Gasteiger partial charge in [0.15, 0.2) is 0 Å². The number of hydrogen-bond acceptors (Lipinski definition) is 3. The van der Waals surface area contributed by atoms with Gasteiger partial charge < -0.3 is 15.5 Å². The summed E-state index contributed by atoms with van der Waals surface area (Å²) in [4.78, 5) is 25.8. The van der Waals surface area contributed by atoms with E-state index in [0.717, 1.165) is 19.4 Å². The molecule has 120 valence electrons. The average molecular weight is 303 g/mol. The summed E-state index contributed by atoms with van der Waals surface area (Å²) in [6.07, 6.45) is 2.64. The van der Waals surface area contributed by atoms with Crippen molar-refractivity contribution in [3.63, 3.8) is 0 Å². The minimum atomic E-state index is 0.0536. The maximum atomic E-state index is 12.2. The topological polar surface area (TPSA) is 61.4 Å². The molecular formula is C17H25N3O2. The van der Waals surface area contributed by atoms with Crippen molar-refractivity contribution < 1.29 is 9.59 Å². The summed E-state index contributed by atoms with van der Waals surface area (Å²) in [6, 6.07) is 10.2. The molecule has 0 aromatic heterocycles. The van der Waals surface area contributed by atoms with Crippen molar-refractivity contribution in [3.8, 4) is 0 Å². The summed E-state index contributed by atoms with van der Waals surface area (Å²) in [5.41, 5.74) is 1.19. The van der Waals surface area contributed by atoms with Crippen LogP contribution in [0.1, 0.15) is 24.8 Å². The van der Waals surface area contributed by atoms with E-state index in [-0.39, 0.29) is 17.9 Å². The molecule has 1 atom stereocenters. The minimum absolute atomic E-state index is 0.0536. The first-order valence-electron chi connectivity index (χ1n) is 7.94. The monoisotopic (exact) mass is 303 g/mol. The van der Waals surface area contributed by atoms with Crippen molar-refractivity contribution in [1.29, 1.82) is 0 Å². The predicted molar refractivity (Wildman–Crippen MR) is 86.4 cm³/mol. The van der Waals surface area contributed by atoms with Crippen LogP contribution in [0.3, 0.4) is 0 Å². The molecule has 1 unspecified atom stereocenters. The van der Waals surface area contributed by atoms with E-state index in [1.165, 1.54) is 5.56 Å². The van der Waals surface area contributed by atoms with Gasteiger partial charge in [-0.05, 0) is 25.5 Å². The molecule has 2 amide bonds.